The van der Waals surface area contributed by atoms with Gasteiger partial charge in [-0.1, -0.05) is 61.7 Å². The highest BCUT2D eigenvalue weighted by Crippen LogP contribution is 2.63. The van der Waals surface area contributed by atoms with Gasteiger partial charge in [-0.05, 0) is 58.7 Å². The molecule has 292 valence electrons. The van der Waals surface area contributed by atoms with Crippen molar-refractivity contribution in [3.63, 3.8) is 0 Å². The molecule has 0 fully saturated rings. The van der Waals surface area contributed by atoms with Crippen LogP contribution in [0.15, 0.2) is 109 Å². The van der Waals surface area contributed by atoms with Crippen LogP contribution in [0.4, 0.5) is 26.3 Å². The second-order valence-electron chi connectivity index (χ2n) is 13.2. The molecule has 0 bridgehead atoms. The molecule has 0 saturated heterocycles. The Bertz CT molecular complexity index is 3200. The molecule has 2 aliphatic rings. The summed E-state index contributed by atoms with van der Waals surface area (Å²) in [6.45, 7) is 7.36. The number of rotatable bonds is 6. The van der Waals surface area contributed by atoms with Gasteiger partial charge in [-0.15, -0.1) is 0 Å². The summed E-state index contributed by atoms with van der Waals surface area (Å²) in [4.78, 5) is 0. The van der Waals surface area contributed by atoms with Gasteiger partial charge in [-0.3, -0.25) is 0 Å². The van der Waals surface area contributed by atoms with E-state index in [2.05, 4.69) is 13.2 Å². The van der Waals surface area contributed by atoms with Crippen LogP contribution >= 0.6 is 0 Å². The second kappa shape index (κ2) is 16.1. The van der Waals surface area contributed by atoms with E-state index in [1.807, 2.05) is 0 Å². The van der Waals surface area contributed by atoms with Crippen LogP contribution < -0.4 is 0 Å². The van der Waals surface area contributed by atoms with Gasteiger partial charge >= 0.3 is 12.4 Å². The van der Waals surface area contributed by atoms with Crippen molar-refractivity contribution < 1.29 is 26.3 Å². The number of benzene rings is 4. The number of fused-ring (bicyclic) bond motifs is 2. The predicted molar refractivity (Wildman–Crippen MR) is 213 cm³/mol. The van der Waals surface area contributed by atoms with Crippen molar-refractivity contribution in [1.29, 1.82) is 42.1 Å². The van der Waals surface area contributed by atoms with Crippen molar-refractivity contribution in [3.05, 3.63) is 182 Å². The van der Waals surface area contributed by atoms with Crippen molar-refractivity contribution in [2.24, 2.45) is 0 Å². The Morgan fingerprint density at radius 3 is 1.34 bits per heavy atom. The Morgan fingerprint density at radius 1 is 0.532 bits per heavy atom. The van der Waals surface area contributed by atoms with E-state index in [-0.39, 0.29) is 44.5 Å². The first-order valence-electron chi connectivity index (χ1n) is 17.5. The van der Waals surface area contributed by atoms with Crippen molar-refractivity contribution in [1.82, 2.24) is 0 Å². The zero-order chi connectivity index (χ0) is 45.3. The summed E-state index contributed by atoms with van der Waals surface area (Å²) in [5, 5.41) is 82.3. The number of alkyl halides is 6. The molecule has 0 aliphatic heterocycles. The van der Waals surface area contributed by atoms with Crippen LogP contribution in [0.1, 0.15) is 72.3 Å². The fourth-order valence-electron chi connectivity index (χ4n) is 7.60. The van der Waals surface area contributed by atoms with Crippen LogP contribution in [0.25, 0.3) is 39.0 Å². The van der Waals surface area contributed by atoms with Crippen LogP contribution in [-0.4, -0.2) is 0 Å². The van der Waals surface area contributed by atoms with Crippen LogP contribution in [-0.2, 0) is 12.4 Å². The molecule has 6 rings (SSSR count). The summed E-state index contributed by atoms with van der Waals surface area (Å²) in [5.74, 6) is 0. The van der Waals surface area contributed by atoms with Crippen molar-refractivity contribution in [2.45, 2.75) is 12.4 Å². The highest BCUT2D eigenvalue weighted by Gasteiger charge is 2.54. The average molecular weight is 821 g/mol. The van der Waals surface area contributed by atoms with Crippen molar-refractivity contribution in [2.75, 3.05) is 0 Å². The van der Waals surface area contributed by atoms with Gasteiger partial charge in [0.15, 0.2) is 0 Å². The Balaban J connectivity index is 2.06. The molecule has 4 aromatic rings. The summed E-state index contributed by atoms with van der Waals surface area (Å²) in [5.41, 5.74) is -17.7. The molecule has 0 atom stereocenters. The van der Waals surface area contributed by atoms with Gasteiger partial charge in [0.25, 0.3) is 0 Å². The van der Waals surface area contributed by atoms with Crippen LogP contribution in [0.5, 0.6) is 0 Å². The van der Waals surface area contributed by atoms with E-state index in [9.17, 15) is 42.1 Å². The number of nitriles is 8. The lowest BCUT2D eigenvalue weighted by Gasteiger charge is -2.25. The molecule has 2 aliphatic carbocycles. The molecule has 4 aromatic carbocycles. The van der Waals surface area contributed by atoms with E-state index in [0.29, 0.717) is 0 Å². The largest absolute Gasteiger partial charge is 0.417 e. The van der Waals surface area contributed by atoms with Gasteiger partial charge < -0.3 is 0 Å². The SMILES string of the molecule is C=C/C=C\C(=C)C1=C(C#N)c2c(c(C(F)(F)F)c3c(c2C(F)(F)F)/C(=C(\C#N)c2cc(C#N)cc(C#N)c2)C(c2ccccc2)=C3C#N)/C1=C(\C#N)c1cc(C#N)cc(C#N)c1. The third-order valence-corrected chi connectivity index (χ3v) is 9.79. The van der Waals surface area contributed by atoms with Gasteiger partial charge in [0.1, 0.15) is 24.3 Å². The number of hydrogen-bond acceptors (Lipinski definition) is 8. The maximum atomic E-state index is 16.3. The molecule has 0 heterocycles. The number of allylic oxidation sites excluding steroid dienone is 12. The summed E-state index contributed by atoms with van der Waals surface area (Å²) in [6, 6.07) is 27.1. The summed E-state index contributed by atoms with van der Waals surface area (Å²) < 4.78 is 98.0. The lowest BCUT2D eigenvalue weighted by Crippen LogP contribution is -2.20. The standard InChI is InChI=1S/C48H18F6N8/c1-3-4-8-25(2)37-35(23-61)41-43(39(37)33(21-59)31-13-26(17-55)11-27(14-31)18-56)46(48(52,53)54)42-36(24-62)38(30-9-6-5-7-10-30)40(44(42)45(41)47(49,50)51)34(22-60)32-15-28(19-57)12-29(16-32)20-58/h3-16H,1-2H2/b8-4-,39-33+,40-34+. The van der Waals surface area contributed by atoms with Crippen molar-refractivity contribution >= 4 is 39.0 Å². The van der Waals surface area contributed by atoms with Crippen LogP contribution in [0.3, 0.4) is 0 Å². The molecule has 0 amide bonds. The topological polar surface area (TPSA) is 190 Å². The Morgan fingerprint density at radius 2 is 0.952 bits per heavy atom. The first-order chi connectivity index (χ1) is 29.6. The molecule has 0 aromatic heterocycles. The number of hydrogen-bond donors (Lipinski definition) is 0. The van der Waals surface area contributed by atoms with Gasteiger partial charge in [0, 0.05) is 44.5 Å². The second-order valence-corrected chi connectivity index (χ2v) is 13.2. The fourth-order valence-corrected chi connectivity index (χ4v) is 7.60. The van der Waals surface area contributed by atoms with Gasteiger partial charge in [0.2, 0.25) is 0 Å². The van der Waals surface area contributed by atoms with E-state index in [1.54, 1.807) is 48.6 Å². The van der Waals surface area contributed by atoms with E-state index in [4.69, 9.17) is 0 Å². The normalized spacial score (nSPS) is 14.5. The molecule has 0 radical (unpaired) electrons. The molecule has 14 heteroatoms. The van der Waals surface area contributed by atoms with E-state index >= 15 is 26.3 Å². The van der Waals surface area contributed by atoms with Crippen molar-refractivity contribution in [3.8, 4) is 48.6 Å². The molecular weight excluding hydrogens is 803 g/mol. The maximum Gasteiger partial charge on any atom is 0.417 e. The van der Waals surface area contributed by atoms with Gasteiger partial charge in [-0.25, -0.2) is 0 Å². The maximum absolute atomic E-state index is 16.3. The highest BCUT2D eigenvalue weighted by molar-refractivity contribution is 6.33. The summed E-state index contributed by atoms with van der Waals surface area (Å²) in [6.07, 6.45) is -7.85. The molecule has 62 heavy (non-hydrogen) atoms. The number of nitrogens with zero attached hydrogens (tertiary/aromatic N) is 8. The summed E-state index contributed by atoms with van der Waals surface area (Å²) >= 11 is 0. The Kier molecular flexibility index (Phi) is 10.9. The van der Waals surface area contributed by atoms with Gasteiger partial charge in [-0.2, -0.15) is 68.4 Å². The monoisotopic (exact) mass is 820 g/mol. The zero-order valence-corrected chi connectivity index (χ0v) is 31.3. The summed E-state index contributed by atoms with van der Waals surface area (Å²) in [7, 11) is 0. The van der Waals surface area contributed by atoms with Crippen LogP contribution in [0, 0.1) is 90.6 Å². The molecule has 0 unspecified atom stereocenters. The minimum atomic E-state index is -5.70. The fraction of sp³-hybridized carbons (Fsp3) is 0.0417. The minimum Gasteiger partial charge on any atom is -0.192 e. The highest BCUT2D eigenvalue weighted by atomic mass is 19.4. The first kappa shape index (κ1) is 42.2. The third kappa shape index (κ3) is 6.86. The Labute approximate surface area is 349 Å². The molecule has 0 saturated carbocycles. The van der Waals surface area contributed by atoms with E-state index in [0.717, 1.165) is 42.5 Å². The molecule has 0 spiro atoms. The third-order valence-electron chi connectivity index (χ3n) is 9.79. The number of halogens is 6. The quantitative estimate of drug-likeness (QED) is 0.104. The zero-order valence-electron chi connectivity index (χ0n) is 31.3. The molecular formula is C48H18F6N8. The minimum absolute atomic E-state index is 0.105. The molecule has 8 nitrogen and oxygen atoms in total. The smallest absolute Gasteiger partial charge is 0.192 e. The van der Waals surface area contributed by atoms with Gasteiger partial charge in [0.05, 0.1) is 80.0 Å². The van der Waals surface area contributed by atoms with Crippen LogP contribution in [0.2, 0.25) is 0 Å². The lowest BCUT2D eigenvalue weighted by molar-refractivity contribution is -0.141. The lowest BCUT2D eigenvalue weighted by atomic mass is 9.80. The average Bonchev–Trinajstić information content (AvgIpc) is 3.76. The van der Waals surface area contributed by atoms with E-state index in [1.165, 1.54) is 42.5 Å². The Hall–Kier alpha value is -9.44. The molecule has 0 N–H and O–H groups in total. The first-order valence-corrected chi connectivity index (χ1v) is 17.5. The predicted octanol–water partition coefficient (Wildman–Crippen LogP) is 11.1. The van der Waals surface area contributed by atoms with E-state index < -0.39 is 90.3 Å².